The van der Waals surface area contributed by atoms with Crippen LogP contribution in [0.15, 0.2) is 84.2 Å². The second-order valence-electron chi connectivity index (χ2n) is 9.88. The fourth-order valence-electron chi connectivity index (χ4n) is 5.69. The number of methoxy groups -OCH3 is 1. The molecule has 4 nitrogen and oxygen atoms in total. The maximum atomic E-state index is 5.65. The summed E-state index contributed by atoms with van der Waals surface area (Å²) in [6.45, 7) is 6.35. The number of fused-ring (bicyclic) bond motifs is 1. The second-order valence-corrected chi connectivity index (χ2v) is 10.9. The minimum atomic E-state index is 0.380. The molecule has 194 valence electrons. The highest BCUT2D eigenvalue weighted by Gasteiger charge is 2.25. The van der Waals surface area contributed by atoms with Crippen LogP contribution in [0.1, 0.15) is 47.2 Å². The Balaban J connectivity index is 1.12. The van der Waals surface area contributed by atoms with Gasteiger partial charge in [-0.15, -0.1) is 11.3 Å². The SMILES string of the molecule is COc1ccccc1C1CNCCN1CCCCNCCC(c1cccs1)c1cccc2ccccc12. The van der Waals surface area contributed by atoms with Gasteiger partial charge in [-0.05, 0) is 72.7 Å². The highest BCUT2D eigenvalue weighted by atomic mass is 32.1. The van der Waals surface area contributed by atoms with Gasteiger partial charge in [0, 0.05) is 36.0 Å². The topological polar surface area (TPSA) is 36.5 Å². The van der Waals surface area contributed by atoms with E-state index in [2.05, 4.69) is 99.8 Å². The molecule has 0 bridgehead atoms. The summed E-state index contributed by atoms with van der Waals surface area (Å²) in [6, 6.07) is 28.9. The van der Waals surface area contributed by atoms with Crippen LogP contribution in [0.25, 0.3) is 10.8 Å². The second kappa shape index (κ2) is 13.2. The van der Waals surface area contributed by atoms with E-state index in [1.807, 2.05) is 11.3 Å². The highest BCUT2D eigenvalue weighted by Crippen LogP contribution is 2.35. The molecule has 37 heavy (non-hydrogen) atoms. The molecule has 2 heterocycles. The van der Waals surface area contributed by atoms with E-state index in [0.717, 1.165) is 51.4 Å². The van der Waals surface area contributed by atoms with Crippen LogP contribution >= 0.6 is 11.3 Å². The van der Waals surface area contributed by atoms with E-state index >= 15 is 0 Å². The van der Waals surface area contributed by atoms with Gasteiger partial charge in [-0.2, -0.15) is 0 Å². The van der Waals surface area contributed by atoms with Gasteiger partial charge in [-0.3, -0.25) is 4.90 Å². The van der Waals surface area contributed by atoms with Crippen LogP contribution in [0.3, 0.4) is 0 Å². The molecule has 0 amide bonds. The van der Waals surface area contributed by atoms with E-state index in [-0.39, 0.29) is 0 Å². The molecule has 1 saturated heterocycles. The van der Waals surface area contributed by atoms with Gasteiger partial charge in [0.1, 0.15) is 5.75 Å². The Hall–Kier alpha value is -2.70. The van der Waals surface area contributed by atoms with E-state index in [9.17, 15) is 0 Å². The Kier molecular flexibility index (Phi) is 9.25. The minimum absolute atomic E-state index is 0.380. The van der Waals surface area contributed by atoms with Crippen LogP contribution in [0.2, 0.25) is 0 Å². The molecule has 1 aromatic heterocycles. The molecule has 2 unspecified atom stereocenters. The Bertz CT molecular complexity index is 1240. The van der Waals surface area contributed by atoms with Crippen molar-refractivity contribution >= 4 is 22.1 Å². The maximum absolute atomic E-state index is 5.65. The summed E-state index contributed by atoms with van der Waals surface area (Å²) in [5, 5.41) is 12.2. The summed E-state index contributed by atoms with van der Waals surface area (Å²) in [6.07, 6.45) is 3.51. The maximum Gasteiger partial charge on any atom is 0.123 e. The van der Waals surface area contributed by atoms with Gasteiger partial charge in [0.15, 0.2) is 0 Å². The van der Waals surface area contributed by atoms with Crippen molar-refractivity contribution in [3.05, 3.63) is 100 Å². The third-order valence-corrected chi connectivity index (χ3v) is 8.58. The van der Waals surface area contributed by atoms with E-state index in [1.165, 1.54) is 39.6 Å². The molecule has 5 rings (SSSR count). The number of hydrogen-bond acceptors (Lipinski definition) is 5. The monoisotopic (exact) mass is 513 g/mol. The quantitative estimate of drug-likeness (QED) is 0.214. The standard InChI is InChI=1S/C32H39N3OS/c1-36-31-15-5-4-13-29(31)30-24-34-20-22-35(30)21-7-6-18-33-19-17-28(32-16-9-23-37-32)27-14-8-11-25-10-2-3-12-26(25)27/h2-5,8-16,23,28,30,33-34H,6-7,17-22,24H2,1H3. The van der Waals surface area contributed by atoms with Gasteiger partial charge in [0.2, 0.25) is 0 Å². The molecule has 0 spiro atoms. The number of rotatable bonds is 12. The lowest BCUT2D eigenvalue weighted by molar-refractivity contribution is 0.156. The number of hydrogen-bond donors (Lipinski definition) is 2. The normalized spacial score (nSPS) is 17.2. The van der Waals surface area contributed by atoms with Crippen molar-refractivity contribution in [2.24, 2.45) is 0 Å². The zero-order chi connectivity index (χ0) is 25.3. The lowest BCUT2D eigenvalue weighted by Gasteiger charge is -2.37. The Morgan fingerprint density at radius 2 is 1.84 bits per heavy atom. The molecule has 1 aliphatic rings. The number of benzene rings is 3. The fourth-order valence-corrected chi connectivity index (χ4v) is 6.57. The number of piperazine rings is 1. The Labute approximate surface area is 225 Å². The van der Waals surface area contributed by atoms with Crippen LogP contribution in [-0.4, -0.2) is 51.3 Å². The zero-order valence-corrected chi connectivity index (χ0v) is 22.7. The predicted molar refractivity (Wildman–Crippen MR) is 157 cm³/mol. The Morgan fingerprint density at radius 3 is 2.73 bits per heavy atom. The number of para-hydroxylation sites is 1. The molecular weight excluding hydrogens is 474 g/mol. The minimum Gasteiger partial charge on any atom is -0.496 e. The summed E-state index contributed by atoms with van der Waals surface area (Å²) in [5.74, 6) is 1.43. The number of ether oxygens (including phenoxy) is 1. The largest absolute Gasteiger partial charge is 0.496 e. The molecule has 0 saturated carbocycles. The molecule has 1 aliphatic heterocycles. The van der Waals surface area contributed by atoms with Crippen LogP contribution in [0.4, 0.5) is 0 Å². The van der Waals surface area contributed by atoms with E-state index in [4.69, 9.17) is 4.74 Å². The molecule has 0 radical (unpaired) electrons. The number of unbranched alkanes of at least 4 members (excludes halogenated alkanes) is 1. The predicted octanol–water partition coefficient (Wildman–Crippen LogP) is 6.45. The molecular formula is C32H39N3OS. The summed E-state index contributed by atoms with van der Waals surface area (Å²) in [5.41, 5.74) is 2.74. The van der Waals surface area contributed by atoms with Crippen molar-refractivity contribution in [3.63, 3.8) is 0 Å². The summed E-state index contributed by atoms with van der Waals surface area (Å²) in [7, 11) is 1.77. The molecule has 0 aliphatic carbocycles. The fraction of sp³-hybridized carbons (Fsp3) is 0.375. The molecule has 1 fully saturated rings. The molecule has 2 atom stereocenters. The third kappa shape index (κ3) is 6.42. The lowest BCUT2D eigenvalue weighted by atomic mass is 9.90. The Morgan fingerprint density at radius 1 is 0.973 bits per heavy atom. The van der Waals surface area contributed by atoms with Gasteiger partial charge in [0.05, 0.1) is 13.2 Å². The summed E-state index contributed by atoms with van der Waals surface area (Å²) in [4.78, 5) is 4.08. The van der Waals surface area contributed by atoms with Crippen molar-refractivity contribution in [3.8, 4) is 5.75 Å². The summed E-state index contributed by atoms with van der Waals surface area (Å²) >= 11 is 1.88. The molecule has 4 aromatic rings. The first-order valence-electron chi connectivity index (χ1n) is 13.6. The first-order chi connectivity index (χ1) is 18.3. The van der Waals surface area contributed by atoms with Crippen molar-refractivity contribution in [1.29, 1.82) is 0 Å². The zero-order valence-electron chi connectivity index (χ0n) is 21.9. The van der Waals surface area contributed by atoms with Crippen molar-refractivity contribution in [2.45, 2.75) is 31.2 Å². The van der Waals surface area contributed by atoms with Crippen LogP contribution in [-0.2, 0) is 0 Å². The van der Waals surface area contributed by atoms with Crippen molar-refractivity contribution in [1.82, 2.24) is 15.5 Å². The molecule has 2 N–H and O–H groups in total. The average Bonchev–Trinajstić information content (AvgIpc) is 3.49. The van der Waals surface area contributed by atoms with E-state index < -0.39 is 0 Å². The van der Waals surface area contributed by atoms with Crippen LogP contribution in [0.5, 0.6) is 5.75 Å². The number of thiophene rings is 1. The summed E-state index contributed by atoms with van der Waals surface area (Å²) < 4.78 is 5.65. The molecule has 3 aromatic carbocycles. The van der Waals surface area contributed by atoms with Crippen LogP contribution < -0.4 is 15.4 Å². The van der Waals surface area contributed by atoms with Crippen LogP contribution in [0, 0.1) is 0 Å². The smallest absolute Gasteiger partial charge is 0.123 e. The average molecular weight is 514 g/mol. The highest BCUT2D eigenvalue weighted by molar-refractivity contribution is 7.10. The van der Waals surface area contributed by atoms with Crippen molar-refractivity contribution in [2.75, 3.05) is 46.4 Å². The first-order valence-corrected chi connectivity index (χ1v) is 14.5. The van der Waals surface area contributed by atoms with Gasteiger partial charge >= 0.3 is 0 Å². The lowest BCUT2D eigenvalue weighted by Crippen LogP contribution is -2.46. The van der Waals surface area contributed by atoms with Gasteiger partial charge in [0.25, 0.3) is 0 Å². The first kappa shape index (κ1) is 25.9. The van der Waals surface area contributed by atoms with Crippen molar-refractivity contribution < 1.29 is 4.74 Å². The van der Waals surface area contributed by atoms with Gasteiger partial charge in [-0.25, -0.2) is 0 Å². The van der Waals surface area contributed by atoms with E-state index in [1.54, 1.807) is 7.11 Å². The van der Waals surface area contributed by atoms with E-state index in [0.29, 0.717) is 12.0 Å². The van der Waals surface area contributed by atoms with Gasteiger partial charge < -0.3 is 15.4 Å². The van der Waals surface area contributed by atoms with Gasteiger partial charge in [-0.1, -0.05) is 66.7 Å². The third-order valence-electron chi connectivity index (χ3n) is 7.60. The number of nitrogens with one attached hydrogen (secondary N) is 2. The number of nitrogens with zero attached hydrogens (tertiary/aromatic N) is 1. The molecule has 5 heteroatoms.